The highest BCUT2D eigenvalue weighted by Crippen LogP contribution is 2.30. The van der Waals surface area contributed by atoms with Gasteiger partial charge in [0.05, 0.1) is 0 Å². The molecule has 4 rings (SSSR count). The molecule has 0 N–H and O–H groups in total. The van der Waals surface area contributed by atoms with Crippen molar-refractivity contribution in [2.75, 3.05) is 18.0 Å². The van der Waals surface area contributed by atoms with Crippen molar-refractivity contribution < 1.29 is 9.59 Å². The molecule has 0 fully saturated rings. The van der Waals surface area contributed by atoms with Gasteiger partial charge in [0.1, 0.15) is 0 Å². The van der Waals surface area contributed by atoms with E-state index in [-0.39, 0.29) is 11.8 Å². The monoisotopic (exact) mass is 320 g/mol. The maximum Gasteiger partial charge on any atom is 0.254 e. The molecule has 0 unspecified atom stereocenters. The molecule has 0 saturated carbocycles. The summed E-state index contributed by atoms with van der Waals surface area (Å²) in [6.45, 7) is 3.72. The maximum atomic E-state index is 12.9. The number of nitrogens with zero attached hydrogens (tertiary/aromatic N) is 2. The Morgan fingerprint density at radius 2 is 1.67 bits per heavy atom. The molecule has 0 aromatic heterocycles. The summed E-state index contributed by atoms with van der Waals surface area (Å²) in [5, 5.41) is 0. The fourth-order valence-corrected chi connectivity index (χ4v) is 3.71. The minimum absolute atomic E-state index is 0.0560. The number of carbonyl (C=O) groups is 2. The molecule has 2 amide bonds. The van der Waals surface area contributed by atoms with Gasteiger partial charge < -0.3 is 9.80 Å². The highest BCUT2D eigenvalue weighted by molar-refractivity contribution is 5.98. The van der Waals surface area contributed by atoms with Gasteiger partial charge in [-0.2, -0.15) is 0 Å². The first-order chi connectivity index (χ1) is 11.6. The standard InChI is InChI=1S/C20H20N2O2/c1-14(23)22-11-9-16-12-17(6-7-19(16)22)20(24)21-10-8-15-4-2-3-5-18(15)13-21/h2-7,12H,8-11,13H2,1H3. The van der Waals surface area contributed by atoms with Crippen LogP contribution in [0.4, 0.5) is 5.69 Å². The van der Waals surface area contributed by atoms with E-state index in [9.17, 15) is 9.59 Å². The Labute approximate surface area is 141 Å². The summed E-state index contributed by atoms with van der Waals surface area (Å²) in [6, 6.07) is 14.0. The first kappa shape index (κ1) is 14.9. The minimum Gasteiger partial charge on any atom is -0.334 e. The van der Waals surface area contributed by atoms with Crippen molar-refractivity contribution in [2.24, 2.45) is 0 Å². The lowest BCUT2D eigenvalue weighted by atomic mass is 9.99. The van der Waals surface area contributed by atoms with Gasteiger partial charge in [-0.15, -0.1) is 0 Å². The van der Waals surface area contributed by atoms with Crippen LogP contribution in [0.5, 0.6) is 0 Å². The Balaban J connectivity index is 1.57. The van der Waals surface area contributed by atoms with E-state index in [2.05, 4.69) is 18.2 Å². The van der Waals surface area contributed by atoms with Crippen LogP contribution in [0.25, 0.3) is 0 Å². The fourth-order valence-electron chi connectivity index (χ4n) is 3.71. The second-order valence-electron chi connectivity index (χ2n) is 6.51. The molecular formula is C20H20N2O2. The number of hydrogen-bond donors (Lipinski definition) is 0. The Hall–Kier alpha value is -2.62. The van der Waals surface area contributed by atoms with Gasteiger partial charge in [-0.05, 0) is 47.7 Å². The van der Waals surface area contributed by atoms with Crippen molar-refractivity contribution in [2.45, 2.75) is 26.3 Å². The number of fused-ring (bicyclic) bond motifs is 2. The van der Waals surface area contributed by atoms with Crippen LogP contribution < -0.4 is 4.90 Å². The number of rotatable bonds is 1. The summed E-state index contributed by atoms with van der Waals surface area (Å²) in [5.41, 5.74) is 5.34. The summed E-state index contributed by atoms with van der Waals surface area (Å²) in [7, 11) is 0. The van der Waals surface area contributed by atoms with Crippen molar-refractivity contribution in [1.82, 2.24) is 4.90 Å². The zero-order chi connectivity index (χ0) is 16.7. The van der Waals surface area contributed by atoms with Gasteiger partial charge in [0.2, 0.25) is 5.91 Å². The van der Waals surface area contributed by atoms with Crippen LogP contribution in [0.1, 0.15) is 34.0 Å². The van der Waals surface area contributed by atoms with Crippen LogP contribution >= 0.6 is 0 Å². The number of carbonyl (C=O) groups excluding carboxylic acids is 2. The summed E-state index contributed by atoms with van der Waals surface area (Å²) in [5.74, 6) is 0.133. The molecule has 4 heteroatoms. The third-order valence-corrected chi connectivity index (χ3v) is 5.02. The van der Waals surface area contributed by atoms with E-state index in [1.54, 1.807) is 11.8 Å². The van der Waals surface area contributed by atoms with Gasteiger partial charge in [0, 0.05) is 37.8 Å². The third kappa shape index (κ3) is 2.48. The van der Waals surface area contributed by atoms with Crippen molar-refractivity contribution >= 4 is 17.5 Å². The zero-order valence-electron chi connectivity index (χ0n) is 13.8. The van der Waals surface area contributed by atoms with Gasteiger partial charge >= 0.3 is 0 Å². The Morgan fingerprint density at radius 3 is 2.46 bits per heavy atom. The Kier molecular flexibility index (Phi) is 3.60. The van der Waals surface area contributed by atoms with E-state index in [0.29, 0.717) is 13.1 Å². The molecule has 0 saturated heterocycles. The maximum absolute atomic E-state index is 12.9. The van der Waals surface area contributed by atoms with E-state index in [1.165, 1.54) is 11.1 Å². The van der Waals surface area contributed by atoms with Gasteiger partial charge in [-0.3, -0.25) is 9.59 Å². The zero-order valence-corrected chi connectivity index (χ0v) is 13.8. The number of anilines is 1. The Bertz CT molecular complexity index is 828. The summed E-state index contributed by atoms with van der Waals surface area (Å²) < 4.78 is 0. The number of amides is 2. The second kappa shape index (κ2) is 5.78. The molecule has 2 heterocycles. The molecule has 2 aromatic carbocycles. The van der Waals surface area contributed by atoms with Crippen LogP contribution in [0.3, 0.4) is 0 Å². The van der Waals surface area contributed by atoms with Gasteiger partial charge in [-0.1, -0.05) is 24.3 Å². The van der Waals surface area contributed by atoms with Crippen LogP contribution in [-0.4, -0.2) is 29.8 Å². The first-order valence-corrected chi connectivity index (χ1v) is 8.40. The van der Waals surface area contributed by atoms with E-state index in [1.807, 2.05) is 29.2 Å². The average molecular weight is 320 g/mol. The topological polar surface area (TPSA) is 40.6 Å². The second-order valence-corrected chi connectivity index (χ2v) is 6.51. The van der Waals surface area contributed by atoms with E-state index in [0.717, 1.165) is 36.2 Å². The molecule has 4 nitrogen and oxygen atoms in total. The number of benzene rings is 2. The highest BCUT2D eigenvalue weighted by atomic mass is 16.2. The van der Waals surface area contributed by atoms with Crippen molar-refractivity contribution in [1.29, 1.82) is 0 Å². The van der Waals surface area contributed by atoms with Crippen LogP contribution in [0, 0.1) is 0 Å². The lowest BCUT2D eigenvalue weighted by molar-refractivity contribution is -0.116. The average Bonchev–Trinajstić information content (AvgIpc) is 3.04. The third-order valence-electron chi connectivity index (χ3n) is 5.02. The highest BCUT2D eigenvalue weighted by Gasteiger charge is 2.25. The molecule has 2 aromatic rings. The predicted molar refractivity (Wildman–Crippen MR) is 93.1 cm³/mol. The quantitative estimate of drug-likeness (QED) is 0.811. The minimum atomic E-state index is 0.0560. The van der Waals surface area contributed by atoms with E-state index >= 15 is 0 Å². The number of hydrogen-bond acceptors (Lipinski definition) is 2. The SMILES string of the molecule is CC(=O)N1CCc2cc(C(=O)N3CCc4ccccc4C3)ccc21. The summed E-state index contributed by atoms with van der Waals surface area (Å²) in [6.07, 6.45) is 1.73. The lowest BCUT2D eigenvalue weighted by Crippen LogP contribution is -2.36. The first-order valence-electron chi connectivity index (χ1n) is 8.40. The van der Waals surface area contributed by atoms with Crippen molar-refractivity contribution in [3.05, 3.63) is 64.7 Å². The largest absolute Gasteiger partial charge is 0.334 e. The molecule has 0 aliphatic carbocycles. The molecule has 122 valence electrons. The molecular weight excluding hydrogens is 300 g/mol. The fraction of sp³-hybridized carbons (Fsp3) is 0.300. The van der Waals surface area contributed by atoms with Gasteiger partial charge in [0.15, 0.2) is 0 Å². The Morgan fingerprint density at radius 1 is 0.917 bits per heavy atom. The molecule has 2 aliphatic rings. The van der Waals surface area contributed by atoms with E-state index in [4.69, 9.17) is 0 Å². The molecule has 0 radical (unpaired) electrons. The summed E-state index contributed by atoms with van der Waals surface area (Å²) >= 11 is 0. The van der Waals surface area contributed by atoms with Gasteiger partial charge in [0.25, 0.3) is 5.91 Å². The van der Waals surface area contributed by atoms with Crippen LogP contribution in [0.2, 0.25) is 0 Å². The molecule has 2 aliphatic heterocycles. The van der Waals surface area contributed by atoms with Crippen LogP contribution in [-0.2, 0) is 24.2 Å². The van der Waals surface area contributed by atoms with E-state index < -0.39 is 0 Å². The lowest BCUT2D eigenvalue weighted by Gasteiger charge is -2.29. The predicted octanol–water partition coefficient (Wildman–Crippen LogP) is 2.79. The van der Waals surface area contributed by atoms with Crippen molar-refractivity contribution in [3.63, 3.8) is 0 Å². The molecule has 0 spiro atoms. The smallest absolute Gasteiger partial charge is 0.254 e. The van der Waals surface area contributed by atoms with Crippen molar-refractivity contribution in [3.8, 4) is 0 Å². The van der Waals surface area contributed by atoms with Gasteiger partial charge in [-0.25, -0.2) is 0 Å². The van der Waals surface area contributed by atoms with Crippen LogP contribution in [0.15, 0.2) is 42.5 Å². The molecule has 0 bridgehead atoms. The summed E-state index contributed by atoms with van der Waals surface area (Å²) in [4.78, 5) is 28.2. The molecule has 0 atom stereocenters. The normalized spacial score (nSPS) is 15.9. The molecule has 24 heavy (non-hydrogen) atoms.